The summed E-state index contributed by atoms with van der Waals surface area (Å²) >= 11 is 6.62. The maximum Gasteiger partial charge on any atom is 0.262 e. The number of carbonyl (C=O) groups excluding carboxylic acids is 1. The van der Waals surface area contributed by atoms with Crippen LogP contribution in [0.1, 0.15) is 55.9 Å². The van der Waals surface area contributed by atoms with Crippen molar-refractivity contribution in [1.29, 1.82) is 0 Å². The average Bonchev–Trinajstić information content (AvgIpc) is 2.75. The minimum atomic E-state index is -0.102. The van der Waals surface area contributed by atoms with E-state index in [2.05, 4.69) is 5.32 Å². The summed E-state index contributed by atoms with van der Waals surface area (Å²) in [6.45, 7) is 0.0960. The Bertz CT molecular complexity index is 510. The molecule has 0 radical (unpaired) electrons. The Hall–Kier alpha value is -1.22. The number of ether oxygens (including phenoxy) is 1. The second kappa shape index (κ2) is 6.69. The van der Waals surface area contributed by atoms with Crippen molar-refractivity contribution in [3.05, 3.63) is 23.8 Å². The van der Waals surface area contributed by atoms with Gasteiger partial charge in [0.15, 0.2) is 6.61 Å². The van der Waals surface area contributed by atoms with Gasteiger partial charge in [-0.2, -0.15) is 0 Å². The Morgan fingerprint density at radius 2 is 2.00 bits per heavy atom. The van der Waals surface area contributed by atoms with Gasteiger partial charge in [0.25, 0.3) is 5.91 Å². The Morgan fingerprint density at radius 3 is 2.76 bits per heavy atom. The Kier molecular flexibility index (Phi) is 4.69. The van der Waals surface area contributed by atoms with Crippen LogP contribution in [0, 0.1) is 5.92 Å². The largest absolute Gasteiger partial charge is 0.482 e. The summed E-state index contributed by atoms with van der Waals surface area (Å²) < 4.78 is 5.38. The summed E-state index contributed by atoms with van der Waals surface area (Å²) in [7, 11) is 0. The maximum absolute atomic E-state index is 11.4. The van der Waals surface area contributed by atoms with Crippen LogP contribution in [0.4, 0.5) is 5.69 Å². The van der Waals surface area contributed by atoms with E-state index in [0.29, 0.717) is 0 Å². The molecule has 0 spiro atoms. The van der Waals surface area contributed by atoms with E-state index in [1.807, 2.05) is 18.2 Å². The van der Waals surface area contributed by atoms with Crippen LogP contribution in [0.2, 0.25) is 0 Å². The van der Waals surface area contributed by atoms with E-state index in [-0.39, 0.29) is 17.9 Å². The lowest BCUT2D eigenvalue weighted by molar-refractivity contribution is -0.118. The van der Waals surface area contributed by atoms with Crippen molar-refractivity contribution in [2.75, 3.05) is 11.9 Å². The molecule has 1 unspecified atom stereocenters. The SMILES string of the molecule is O=C1COc2ccc(C(Cl)CC3CCCCCC3)cc2N1. The lowest BCUT2D eigenvalue weighted by atomic mass is 9.92. The van der Waals surface area contributed by atoms with Gasteiger partial charge in [0.05, 0.1) is 11.1 Å². The number of fused-ring (bicyclic) bond motifs is 1. The summed E-state index contributed by atoms with van der Waals surface area (Å²) in [6.07, 6.45) is 9.03. The van der Waals surface area contributed by atoms with Crippen LogP contribution in [-0.2, 0) is 4.79 Å². The summed E-state index contributed by atoms with van der Waals surface area (Å²) in [4.78, 5) is 11.4. The van der Waals surface area contributed by atoms with Crippen LogP contribution in [0.3, 0.4) is 0 Å². The van der Waals surface area contributed by atoms with Gasteiger partial charge in [-0.25, -0.2) is 0 Å². The molecule has 1 saturated carbocycles. The third kappa shape index (κ3) is 3.70. The molecule has 1 aromatic carbocycles. The Morgan fingerprint density at radius 1 is 1.24 bits per heavy atom. The third-order valence-corrected chi connectivity index (χ3v) is 4.94. The zero-order chi connectivity index (χ0) is 14.7. The molecule has 4 heteroatoms. The lowest BCUT2D eigenvalue weighted by Crippen LogP contribution is -2.25. The number of carbonyl (C=O) groups is 1. The first-order chi connectivity index (χ1) is 10.2. The van der Waals surface area contributed by atoms with E-state index < -0.39 is 0 Å². The van der Waals surface area contributed by atoms with Gasteiger partial charge in [0.1, 0.15) is 5.75 Å². The van der Waals surface area contributed by atoms with E-state index in [4.69, 9.17) is 16.3 Å². The minimum absolute atomic E-state index is 0.0113. The summed E-state index contributed by atoms with van der Waals surface area (Å²) in [5.74, 6) is 1.36. The number of alkyl halides is 1. The zero-order valence-electron chi connectivity index (χ0n) is 12.2. The van der Waals surface area contributed by atoms with Gasteiger partial charge in [-0.1, -0.05) is 44.6 Å². The highest BCUT2D eigenvalue weighted by Gasteiger charge is 2.21. The van der Waals surface area contributed by atoms with Crippen molar-refractivity contribution in [2.45, 2.75) is 50.3 Å². The molecule has 21 heavy (non-hydrogen) atoms. The molecule has 1 amide bonds. The molecule has 1 aliphatic heterocycles. The number of anilines is 1. The third-order valence-electron chi connectivity index (χ3n) is 4.51. The molecular weight excluding hydrogens is 286 g/mol. The molecule has 0 bridgehead atoms. The van der Waals surface area contributed by atoms with Crippen molar-refractivity contribution in [3.8, 4) is 5.75 Å². The second-order valence-electron chi connectivity index (χ2n) is 6.15. The molecule has 1 N–H and O–H groups in total. The molecule has 3 rings (SSSR count). The fourth-order valence-corrected chi connectivity index (χ4v) is 3.71. The van der Waals surface area contributed by atoms with Crippen molar-refractivity contribution in [2.24, 2.45) is 5.92 Å². The highest BCUT2D eigenvalue weighted by Crippen LogP contribution is 2.37. The topological polar surface area (TPSA) is 38.3 Å². The number of halogens is 1. The molecule has 3 nitrogen and oxygen atoms in total. The second-order valence-corrected chi connectivity index (χ2v) is 6.68. The first-order valence-corrected chi connectivity index (χ1v) is 8.36. The zero-order valence-corrected chi connectivity index (χ0v) is 13.0. The first-order valence-electron chi connectivity index (χ1n) is 7.93. The number of hydrogen-bond donors (Lipinski definition) is 1. The predicted molar refractivity (Wildman–Crippen MR) is 85.0 cm³/mol. The van der Waals surface area contributed by atoms with Gasteiger partial charge < -0.3 is 10.1 Å². The normalized spacial score (nSPS) is 20.9. The van der Waals surface area contributed by atoms with Gasteiger partial charge in [0, 0.05) is 0 Å². The first kappa shape index (κ1) is 14.7. The average molecular weight is 308 g/mol. The van der Waals surface area contributed by atoms with Gasteiger partial charge >= 0.3 is 0 Å². The lowest BCUT2D eigenvalue weighted by Gasteiger charge is -2.21. The van der Waals surface area contributed by atoms with Crippen LogP contribution in [0.15, 0.2) is 18.2 Å². The molecule has 1 heterocycles. The Labute approximate surface area is 131 Å². The number of benzene rings is 1. The van der Waals surface area contributed by atoms with Gasteiger partial charge in [0.2, 0.25) is 0 Å². The van der Waals surface area contributed by atoms with Crippen LogP contribution >= 0.6 is 11.6 Å². The standard InChI is InChI=1S/C17H22ClNO2/c18-14(9-12-5-3-1-2-4-6-12)13-7-8-16-15(10-13)19-17(20)11-21-16/h7-8,10,12,14H,1-6,9,11H2,(H,19,20). The highest BCUT2D eigenvalue weighted by molar-refractivity contribution is 6.20. The number of nitrogens with one attached hydrogen (secondary N) is 1. The quantitative estimate of drug-likeness (QED) is 0.651. The van der Waals surface area contributed by atoms with E-state index in [9.17, 15) is 4.79 Å². The molecule has 1 fully saturated rings. The predicted octanol–water partition coefficient (Wildman–Crippen LogP) is 4.66. The van der Waals surface area contributed by atoms with E-state index >= 15 is 0 Å². The summed E-state index contributed by atoms with van der Waals surface area (Å²) in [6, 6.07) is 5.89. The van der Waals surface area contributed by atoms with Crippen LogP contribution in [0.25, 0.3) is 0 Å². The molecular formula is C17H22ClNO2. The van der Waals surface area contributed by atoms with Crippen molar-refractivity contribution in [3.63, 3.8) is 0 Å². The van der Waals surface area contributed by atoms with Crippen molar-refractivity contribution in [1.82, 2.24) is 0 Å². The monoisotopic (exact) mass is 307 g/mol. The fourth-order valence-electron chi connectivity index (χ4n) is 3.32. The Balaban J connectivity index is 1.68. The maximum atomic E-state index is 11.4. The van der Waals surface area contributed by atoms with Crippen LogP contribution in [-0.4, -0.2) is 12.5 Å². The minimum Gasteiger partial charge on any atom is -0.482 e. The van der Waals surface area contributed by atoms with Gasteiger partial charge in [-0.3, -0.25) is 4.79 Å². The molecule has 1 atom stereocenters. The van der Waals surface area contributed by atoms with Gasteiger partial charge in [-0.05, 0) is 30.0 Å². The summed E-state index contributed by atoms with van der Waals surface area (Å²) in [5.41, 5.74) is 1.82. The van der Waals surface area contributed by atoms with E-state index in [0.717, 1.165) is 29.3 Å². The smallest absolute Gasteiger partial charge is 0.262 e. The molecule has 2 aliphatic rings. The van der Waals surface area contributed by atoms with Crippen molar-refractivity contribution >= 4 is 23.2 Å². The van der Waals surface area contributed by atoms with Crippen LogP contribution < -0.4 is 10.1 Å². The molecule has 0 saturated heterocycles. The molecule has 1 aromatic rings. The van der Waals surface area contributed by atoms with E-state index in [1.54, 1.807) is 0 Å². The molecule has 0 aromatic heterocycles. The number of amides is 1. The molecule has 1 aliphatic carbocycles. The number of hydrogen-bond acceptors (Lipinski definition) is 2. The van der Waals surface area contributed by atoms with Gasteiger partial charge in [-0.15, -0.1) is 11.6 Å². The van der Waals surface area contributed by atoms with Crippen LogP contribution in [0.5, 0.6) is 5.75 Å². The number of rotatable bonds is 3. The fraction of sp³-hybridized carbons (Fsp3) is 0.588. The van der Waals surface area contributed by atoms with Crippen molar-refractivity contribution < 1.29 is 9.53 Å². The summed E-state index contributed by atoms with van der Waals surface area (Å²) in [5, 5.41) is 2.86. The molecule has 114 valence electrons. The van der Waals surface area contributed by atoms with E-state index in [1.165, 1.54) is 38.5 Å². The highest BCUT2D eigenvalue weighted by atomic mass is 35.5.